The molecule has 1 atom stereocenters. The van der Waals surface area contributed by atoms with Crippen molar-refractivity contribution in [3.63, 3.8) is 0 Å². The Kier molecular flexibility index (Phi) is 4.67. The van der Waals surface area contributed by atoms with E-state index in [0.29, 0.717) is 17.3 Å². The molecule has 0 saturated heterocycles. The normalized spacial score (nSPS) is 13.1. The molecule has 0 spiro atoms. The fourth-order valence-electron chi connectivity index (χ4n) is 1.73. The molecule has 5 nitrogen and oxygen atoms in total. The van der Waals surface area contributed by atoms with Gasteiger partial charge in [0.25, 0.3) is 0 Å². The lowest BCUT2D eigenvalue weighted by molar-refractivity contribution is 0.572. The molecule has 7 heteroatoms. The SMILES string of the molecule is CC(CCl)CS(=O)(=O)Nc1cccc(-c2cnco2)c1. The second-order valence-electron chi connectivity index (χ2n) is 4.59. The number of anilines is 1. The molecule has 108 valence electrons. The molecule has 1 heterocycles. The van der Waals surface area contributed by atoms with Crippen LogP contribution in [0.3, 0.4) is 0 Å². The highest BCUT2D eigenvalue weighted by Crippen LogP contribution is 2.22. The molecule has 2 rings (SSSR count). The van der Waals surface area contributed by atoms with E-state index in [2.05, 4.69) is 9.71 Å². The van der Waals surface area contributed by atoms with Gasteiger partial charge in [-0.25, -0.2) is 13.4 Å². The summed E-state index contributed by atoms with van der Waals surface area (Å²) in [6, 6.07) is 6.95. The molecule has 0 saturated carbocycles. The largest absolute Gasteiger partial charge is 0.444 e. The molecule has 1 N–H and O–H groups in total. The van der Waals surface area contributed by atoms with Crippen LogP contribution in [0, 0.1) is 5.92 Å². The van der Waals surface area contributed by atoms with E-state index in [0.717, 1.165) is 5.56 Å². The molecular weight excluding hydrogens is 300 g/mol. The van der Waals surface area contributed by atoms with Crippen LogP contribution < -0.4 is 4.72 Å². The molecule has 20 heavy (non-hydrogen) atoms. The third-order valence-corrected chi connectivity index (χ3v) is 4.70. The van der Waals surface area contributed by atoms with Crippen molar-refractivity contribution in [2.75, 3.05) is 16.4 Å². The average Bonchev–Trinajstić information content (AvgIpc) is 2.91. The molecule has 0 amide bonds. The number of hydrogen-bond acceptors (Lipinski definition) is 4. The standard InChI is InChI=1S/C13H15ClN2O3S/c1-10(6-14)8-20(17,18)16-12-4-2-3-11(5-12)13-7-15-9-19-13/h2-5,7,9-10,16H,6,8H2,1H3. The number of nitrogens with zero attached hydrogens (tertiary/aromatic N) is 1. The summed E-state index contributed by atoms with van der Waals surface area (Å²) < 4.78 is 31.6. The molecular formula is C13H15ClN2O3S. The van der Waals surface area contributed by atoms with Crippen molar-refractivity contribution < 1.29 is 12.8 Å². The Morgan fingerprint density at radius 1 is 1.45 bits per heavy atom. The second-order valence-corrected chi connectivity index (χ2v) is 6.66. The van der Waals surface area contributed by atoms with Gasteiger partial charge in [-0.15, -0.1) is 11.6 Å². The minimum atomic E-state index is -3.41. The quantitative estimate of drug-likeness (QED) is 0.832. The summed E-state index contributed by atoms with van der Waals surface area (Å²) in [5.74, 6) is 0.772. The Morgan fingerprint density at radius 2 is 2.25 bits per heavy atom. The van der Waals surface area contributed by atoms with E-state index in [9.17, 15) is 8.42 Å². The molecule has 2 aromatic rings. The van der Waals surface area contributed by atoms with Gasteiger partial charge in [-0.3, -0.25) is 4.72 Å². The lowest BCUT2D eigenvalue weighted by atomic mass is 10.2. The first kappa shape index (κ1) is 14.9. The van der Waals surface area contributed by atoms with Gasteiger partial charge in [-0.05, 0) is 18.1 Å². The van der Waals surface area contributed by atoms with Crippen molar-refractivity contribution in [3.8, 4) is 11.3 Å². The van der Waals surface area contributed by atoms with Crippen molar-refractivity contribution in [2.24, 2.45) is 5.92 Å². The second kappa shape index (κ2) is 6.28. The minimum absolute atomic E-state index is 0.0109. The topological polar surface area (TPSA) is 72.2 Å². The molecule has 0 aliphatic rings. The van der Waals surface area contributed by atoms with E-state index >= 15 is 0 Å². The molecule has 0 aliphatic carbocycles. The summed E-state index contributed by atoms with van der Waals surface area (Å²) in [5, 5.41) is 0. The van der Waals surface area contributed by atoms with Gasteiger partial charge in [0.15, 0.2) is 12.2 Å². The van der Waals surface area contributed by atoms with Gasteiger partial charge in [0, 0.05) is 17.1 Å². The first-order valence-corrected chi connectivity index (χ1v) is 8.24. The predicted molar refractivity (Wildman–Crippen MR) is 79.2 cm³/mol. The molecule has 1 aromatic carbocycles. The lowest BCUT2D eigenvalue weighted by Gasteiger charge is -2.11. The number of nitrogens with one attached hydrogen (secondary N) is 1. The first-order valence-electron chi connectivity index (χ1n) is 6.05. The molecule has 0 bridgehead atoms. The zero-order valence-electron chi connectivity index (χ0n) is 10.9. The fourth-order valence-corrected chi connectivity index (χ4v) is 3.41. The fraction of sp³-hybridized carbons (Fsp3) is 0.308. The third kappa shape index (κ3) is 3.98. The number of rotatable bonds is 6. The van der Waals surface area contributed by atoms with Gasteiger partial charge < -0.3 is 4.42 Å². The van der Waals surface area contributed by atoms with Crippen LogP contribution in [0.4, 0.5) is 5.69 Å². The van der Waals surface area contributed by atoms with Crippen molar-refractivity contribution in [2.45, 2.75) is 6.92 Å². The predicted octanol–water partition coefficient (Wildman–Crippen LogP) is 2.96. The number of halogens is 1. The van der Waals surface area contributed by atoms with Crippen LogP contribution in [-0.2, 0) is 10.0 Å². The summed E-state index contributed by atoms with van der Waals surface area (Å²) in [4.78, 5) is 3.83. The summed E-state index contributed by atoms with van der Waals surface area (Å²) in [7, 11) is -3.41. The molecule has 0 radical (unpaired) electrons. The summed E-state index contributed by atoms with van der Waals surface area (Å²) in [6.45, 7) is 1.79. The Morgan fingerprint density at radius 3 is 2.90 bits per heavy atom. The monoisotopic (exact) mass is 314 g/mol. The number of sulfonamides is 1. The number of alkyl halides is 1. The van der Waals surface area contributed by atoms with Gasteiger partial charge in [-0.1, -0.05) is 19.1 Å². The van der Waals surface area contributed by atoms with Crippen molar-refractivity contribution in [1.29, 1.82) is 0 Å². The molecule has 0 fully saturated rings. The van der Waals surface area contributed by atoms with Crippen LogP contribution in [0.1, 0.15) is 6.92 Å². The van der Waals surface area contributed by atoms with E-state index in [1.54, 1.807) is 31.3 Å². The van der Waals surface area contributed by atoms with E-state index in [1.165, 1.54) is 6.39 Å². The Bertz CT molecular complexity index is 656. The number of hydrogen-bond donors (Lipinski definition) is 1. The Hall–Kier alpha value is -1.53. The van der Waals surface area contributed by atoms with E-state index < -0.39 is 10.0 Å². The van der Waals surface area contributed by atoms with Crippen LogP contribution in [0.5, 0.6) is 0 Å². The molecule has 1 aromatic heterocycles. The van der Waals surface area contributed by atoms with Crippen LogP contribution >= 0.6 is 11.6 Å². The molecule has 0 aliphatic heterocycles. The highest BCUT2D eigenvalue weighted by Gasteiger charge is 2.15. The summed E-state index contributed by atoms with van der Waals surface area (Å²) in [5.41, 5.74) is 1.24. The van der Waals surface area contributed by atoms with E-state index in [1.807, 2.05) is 6.07 Å². The minimum Gasteiger partial charge on any atom is -0.444 e. The van der Waals surface area contributed by atoms with Gasteiger partial charge in [0.05, 0.1) is 11.9 Å². The average molecular weight is 315 g/mol. The summed E-state index contributed by atoms with van der Waals surface area (Å²) in [6.07, 6.45) is 2.90. The number of oxazole rings is 1. The maximum Gasteiger partial charge on any atom is 0.233 e. The third-order valence-electron chi connectivity index (χ3n) is 2.62. The number of aromatic nitrogens is 1. The van der Waals surface area contributed by atoms with Crippen molar-refractivity contribution in [1.82, 2.24) is 4.98 Å². The Labute approximate surface area is 123 Å². The smallest absolute Gasteiger partial charge is 0.233 e. The first-order chi connectivity index (χ1) is 9.50. The maximum absolute atomic E-state index is 12.0. The summed E-state index contributed by atoms with van der Waals surface area (Å²) >= 11 is 5.64. The van der Waals surface area contributed by atoms with Crippen LogP contribution in [0.15, 0.2) is 41.3 Å². The maximum atomic E-state index is 12.0. The molecule has 1 unspecified atom stereocenters. The van der Waals surface area contributed by atoms with Crippen LogP contribution in [-0.4, -0.2) is 25.0 Å². The van der Waals surface area contributed by atoms with Crippen molar-refractivity contribution >= 4 is 27.3 Å². The number of benzene rings is 1. The van der Waals surface area contributed by atoms with Crippen LogP contribution in [0.25, 0.3) is 11.3 Å². The van der Waals surface area contributed by atoms with Gasteiger partial charge in [0.1, 0.15) is 0 Å². The zero-order chi connectivity index (χ0) is 14.6. The highest BCUT2D eigenvalue weighted by molar-refractivity contribution is 7.92. The van der Waals surface area contributed by atoms with Gasteiger partial charge in [-0.2, -0.15) is 0 Å². The van der Waals surface area contributed by atoms with E-state index in [-0.39, 0.29) is 11.7 Å². The zero-order valence-corrected chi connectivity index (χ0v) is 12.5. The Balaban J connectivity index is 2.16. The highest BCUT2D eigenvalue weighted by atomic mass is 35.5. The lowest BCUT2D eigenvalue weighted by Crippen LogP contribution is -2.22. The van der Waals surface area contributed by atoms with Crippen molar-refractivity contribution in [3.05, 3.63) is 36.9 Å². The van der Waals surface area contributed by atoms with Gasteiger partial charge >= 0.3 is 0 Å². The van der Waals surface area contributed by atoms with Gasteiger partial charge in [0.2, 0.25) is 10.0 Å². The van der Waals surface area contributed by atoms with Crippen LogP contribution in [0.2, 0.25) is 0 Å². The van der Waals surface area contributed by atoms with E-state index in [4.69, 9.17) is 16.0 Å².